The maximum Gasteiger partial charge on any atom is 0.322 e. The van der Waals surface area contributed by atoms with Gasteiger partial charge in [0.2, 0.25) is 0 Å². The van der Waals surface area contributed by atoms with Crippen LogP contribution in [0.3, 0.4) is 0 Å². The largest absolute Gasteiger partial charge is 0.327 e. The second-order valence-corrected chi connectivity index (χ2v) is 3.74. The maximum absolute atomic E-state index is 11.7. The smallest absolute Gasteiger partial charge is 0.322 e. The van der Waals surface area contributed by atoms with Crippen molar-refractivity contribution in [2.45, 2.75) is 12.5 Å². The Labute approximate surface area is 102 Å². The van der Waals surface area contributed by atoms with E-state index in [1.807, 2.05) is 0 Å². The Morgan fingerprint density at radius 3 is 2.50 bits per heavy atom. The van der Waals surface area contributed by atoms with E-state index in [0.717, 1.165) is 11.7 Å². The van der Waals surface area contributed by atoms with Crippen molar-refractivity contribution in [1.82, 2.24) is 19.4 Å². The zero-order valence-electron chi connectivity index (χ0n) is 8.31. The van der Waals surface area contributed by atoms with E-state index < -0.39 is 17.5 Å². The summed E-state index contributed by atoms with van der Waals surface area (Å²) in [5.41, 5.74) is 5.30. The fourth-order valence-corrected chi connectivity index (χ4v) is 2.14. The minimum absolute atomic E-state index is 0. The third-order valence-electron chi connectivity index (χ3n) is 2.30. The Balaban J connectivity index is 0.00000128. The molecule has 16 heavy (non-hydrogen) atoms. The monoisotopic (exact) mass is 263 g/mol. The summed E-state index contributed by atoms with van der Waals surface area (Å²) in [7, 11) is 0. The quantitative estimate of drug-likeness (QED) is 0.609. The molecule has 3 amide bonds. The van der Waals surface area contributed by atoms with Gasteiger partial charge in [-0.1, -0.05) is 0 Å². The lowest BCUT2D eigenvalue weighted by molar-refractivity contribution is -0.124. The van der Waals surface area contributed by atoms with Crippen LogP contribution in [0.2, 0.25) is 0 Å². The normalized spacial score (nSPS) is 23.6. The number of urea groups is 1. The lowest BCUT2D eigenvalue weighted by Gasteiger charge is -2.21. The number of nitrogens with one attached hydrogen (secondary N) is 2. The van der Waals surface area contributed by atoms with E-state index in [4.69, 9.17) is 5.73 Å². The van der Waals surface area contributed by atoms with Crippen molar-refractivity contribution < 1.29 is 9.59 Å². The molecule has 2 heterocycles. The average molecular weight is 264 g/mol. The molecule has 88 valence electrons. The molecule has 1 aromatic heterocycles. The van der Waals surface area contributed by atoms with E-state index in [1.165, 1.54) is 0 Å². The molecule has 0 radical (unpaired) electrons. The first-order valence-electron chi connectivity index (χ1n) is 4.23. The van der Waals surface area contributed by atoms with E-state index in [-0.39, 0.29) is 19.0 Å². The van der Waals surface area contributed by atoms with Gasteiger partial charge in [-0.15, -0.1) is 12.4 Å². The summed E-state index contributed by atoms with van der Waals surface area (Å²) in [6.07, 6.45) is 0. The summed E-state index contributed by atoms with van der Waals surface area (Å²) in [5, 5.41) is 4.63. The van der Waals surface area contributed by atoms with Crippen molar-refractivity contribution >= 4 is 36.1 Å². The van der Waals surface area contributed by atoms with Crippen LogP contribution in [0.5, 0.6) is 0 Å². The first-order chi connectivity index (χ1) is 7.10. The van der Waals surface area contributed by atoms with E-state index >= 15 is 0 Å². The van der Waals surface area contributed by atoms with Gasteiger partial charge in [0, 0.05) is 6.54 Å². The van der Waals surface area contributed by atoms with Gasteiger partial charge >= 0.3 is 6.03 Å². The summed E-state index contributed by atoms with van der Waals surface area (Å²) < 4.78 is 7.96. The molecule has 0 spiro atoms. The number of carbonyl (C=O) groups is 2. The van der Waals surface area contributed by atoms with Crippen molar-refractivity contribution in [3.63, 3.8) is 0 Å². The number of aromatic nitrogens is 2. The molecule has 2 rings (SSSR count). The van der Waals surface area contributed by atoms with Gasteiger partial charge in [-0.3, -0.25) is 10.1 Å². The number of amides is 3. The minimum atomic E-state index is -1.26. The molecule has 4 N–H and O–H groups in total. The maximum atomic E-state index is 11.7. The first-order valence-corrected chi connectivity index (χ1v) is 4.96. The van der Waals surface area contributed by atoms with Crippen molar-refractivity contribution in [1.29, 1.82) is 0 Å². The number of nitrogens with two attached hydrogens (primary N) is 1. The number of carbonyl (C=O) groups excluding carboxylic acids is 2. The summed E-state index contributed by atoms with van der Waals surface area (Å²) in [6, 6.07) is -0.558. The molecule has 1 unspecified atom stereocenters. The number of halogens is 1. The van der Waals surface area contributed by atoms with Crippen LogP contribution in [0.15, 0.2) is 0 Å². The molecule has 0 bridgehead atoms. The highest BCUT2D eigenvalue weighted by molar-refractivity contribution is 6.99. The van der Waals surface area contributed by atoms with E-state index in [2.05, 4.69) is 19.4 Å². The molecule has 0 aromatic carbocycles. The second-order valence-electron chi connectivity index (χ2n) is 3.22. The number of aryl methyl sites for hydroxylation is 1. The molecule has 9 heteroatoms. The molecule has 1 fully saturated rings. The van der Waals surface area contributed by atoms with Gasteiger partial charge in [-0.05, 0) is 6.92 Å². The predicted molar refractivity (Wildman–Crippen MR) is 59.3 cm³/mol. The molecule has 1 aromatic rings. The SMILES string of the molecule is Cc1nsnc1C1(CN)NC(=O)NC1=O.Cl. The molecule has 0 aliphatic carbocycles. The fourth-order valence-electron chi connectivity index (χ4n) is 1.52. The number of imide groups is 1. The van der Waals surface area contributed by atoms with Crippen molar-refractivity contribution in [3.05, 3.63) is 11.4 Å². The van der Waals surface area contributed by atoms with Gasteiger partial charge in [0.05, 0.1) is 17.4 Å². The van der Waals surface area contributed by atoms with E-state index in [9.17, 15) is 9.59 Å². The standard InChI is InChI=1S/C7H9N5O2S.ClH/c1-3-4(12-15-11-3)7(2-8)5(13)9-6(14)10-7;/h2,8H2,1H3,(H2,9,10,13,14);1H. The highest BCUT2D eigenvalue weighted by atomic mass is 35.5. The van der Waals surface area contributed by atoms with E-state index in [0.29, 0.717) is 11.4 Å². The van der Waals surface area contributed by atoms with Crippen molar-refractivity contribution in [2.24, 2.45) is 5.73 Å². The van der Waals surface area contributed by atoms with Gasteiger partial charge in [0.25, 0.3) is 5.91 Å². The van der Waals surface area contributed by atoms with Crippen LogP contribution < -0.4 is 16.4 Å². The summed E-state index contributed by atoms with van der Waals surface area (Å²) >= 11 is 0.983. The van der Waals surface area contributed by atoms with E-state index in [1.54, 1.807) is 6.92 Å². The minimum Gasteiger partial charge on any atom is -0.327 e. The molecule has 1 aliphatic heterocycles. The lowest BCUT2D eigenvalue weighted by atomic mass is 9.94. The molecular weight excluding hydrogens is 254 g/mol. The van der Waals surface area contributed by atoms with Crippen LogP contribution in [0.25, 0.3) is 0 Å². The van der Waals surface area contributed by atoms with Crippen LogP contribution in [0.1, 0.15) is 11.4 Å². The molecule has 1 atom stereocenters. The zero-order chi connectivity index (χ0) is 11.1. The second kappa shape index (κ2) is 4.32. The zero-order valence-corrected chi connectivity index (χ0v) is 9.94. The molecule has 0 saturated carbocycles. The van der Waals surface area contributed by atoms with Crippen LogP contribution in [-0.4, -0.2) is 27.2 Å². The Bertz CT molecular complexity index is 436. The Morgan fingerprint density at radius 1 is 1.44 bits per heavy atom. The number of nitrogens with zero attached hydrogens (tertiary/aromatic N) is 2. The highest BCUT2D eigenvalue weighted by Crippen LogP contribution is 2.24. The number of hydrogen-bond acceptors (Lipinski definition) is 6. The lowest BCUT2D eigenvalue weighted by Crippen LogP contribution is -2.50. The van der Waals surface area contributed by atoms with Crippen LogP contribution in [0, 0.1) is 6.92 Å². The Hall–Kier alpha value is -1.25. The van der Waals surface area contributed by atoms with Crippen LogP contribution in [0.4, 0.5) is 4.79 Å². The van der Waals surface area contributed by atoms with Gasteiger partial charge in [0.15, 0.2) is 5.54 Å². The predicted octanol–water partition coefficient (Wildman–Crippen LogP) is -0.738. The van der Waals surface area contributed by atoms with Gasteiger partial charge in [-0.25, -0.2) is 4.79 Å². The van der Waals surface area contributed by atoms with Crippen LogP contribution in [-0.2, 0) is 10.3 Å². The molecule has 1 aliphatic rings. The van der Waals surface area contributed by atoms with Gasteiger partial charge in [-0.2, -0.15) is 8.75 Å². The summed E-state index contributed by atoms with van der Waals surface area (Å²) in [6.45, 7) is 1.67. The first kappa shape index (κ1) is 12.8. The Kier molecular flexibility index (Phi) is 3.46. The third kappa shape index (κ3) is 1.64. The average Bonchev–Trinajstić information content (AvgIpc) is 2.71. The van der Waals surface area contributed by atoms with Gasteiger partial charge < -0.3 is 11.1 Å². The Morgan fingerprint density at radius 2 is 2.12 bits per heavy atom. The summed E-state index contributed by atoms with van der Waals surface area (Å²) in [5.74, 6) is -0.481. The molecule has 7 nitrogen and oxygen atoms in total. The summed E-state index contributed by atoms with van der Waals surface area (Å²) in [4.78, 5) is 22.7. The van der Waals surface area contributed by atoms with Crippen molar-refractivity contribution in [2.75, 3.05) is 6.54 Å². The molecule has 1 saturated heterocycles. The fraction of sp³-hybridized carbons (Fsp3) is 0.429. The number of rotatable bonds is 2. The topological polar surface area (TPSA) is 110 Å². The number of hydrogen-bond donors (Lipinski definition) is 3. The highest BCUT2D eigenvalue weighted by Gasteiger charge is 2.49. The molecular formula is C7H10ClN5O2S. The van der Waals surface area contributed by atoms with Gasteiger partial charge in [0.1, 0.15) is 5.69 Å². The van der Waals surface area contributed by atoms with Crippen LogP contribution >= 0.6 is 24.1 Å². The van der Waals surface area contributed by atoms with Crippen molar-refractivity contribution in [3.8, 4) is 0 Å². The third-order valence-corrected chi connectivity index (χ3v) is 2.92.